The molecule has 0 saturated heterocycles. The summed E-state index contributed by atoms with van der Waals surface area (Å²) in [5.41, 5.74) is 2.19. The number of nitrogens with zero attached hydrogens (tertiary/aromatic N) is 3. The lowest BCUT2D eigenvalue weighted by Gasteiger charge is -2.09. The summed E-state index contributed by atoms with van der Waals surface area (Å²) in [5, 5.41) is 4.50. The van der Waals surface area contributed by atoms with Gasteiger partial charge in [0.2, 0.25) is 5.95 Å². The predicted octanol–water partition coefficient (Wildman–Crippen LogP) is 3.23. The number of allylic oxidation sites excluding steroid dienone is 1. The van der Waals surface area contributed by atoms with E-state index in [2.05, 4.69) is 46.1 Å². The van der Waals surface area contributed by atoms with E-state index < -0.39 is 0 Å². The molecule has 20 heavy (non-hydrogen) atoms. The van der Waals surface area contributed by atoms with E-state index in [1.54, 1.807) is 6.20 Å². The predicted molar refractivity (Wildman–Crippen MR) is 81.5 cm³/mol. The second-order valence-electron chi connectivity index (χ2n) is 4.54. The van der Waals surface area contributed by atoms with Crippen molar-refractivity contribution in [2.45, 2.75) is 13.1 Å². The van der Waals surface area contributed by atoms with Gasteiger partial charge in [-0.05, 0) is 11.6 Å². The van der Waals surface area contributed by atoms with Crippen LogP contribution in [0, 0.1) is 0 Å². The topological polar surface area (TPSA) is 42.7 Å². The highest BCUT2D eigenvalue weighted by molar-refractivity contribution is 5.81. The van der Waals surface area contributed by atoms with Gasteiger partial charge in [0.1, 0.15) is 0 Å². The number of hydrogen-bond acceptors (Lipinski definition) is 3. The molecule has 0 aliphatic heterocycles. The zero-order chi connectivity index (χ0) is 13.8. The van der Waals surface area contributed by atoms with Crippen LogP contribution in [0.15, 0.2) is 61.6 Å². The molecule has 1 aromatic carbocycles. The van der Waals surface area contributed by atoms with Crippen LogP contribution in [0.4, 0.5) is 5.95 Å². The molecule has 0 atom stereocenters. The van der Waals surface area contributed by atoms with Crippen LogP contribution in [0.1, 0.15) is 5.56 Å². The Morgan fingerprint density at radius 2 is 2.05 bits per heavy atom. The van der Waals surface area contributed by atoms with E-state index in [-0.39, 0.29) is 0 Å². The lowest BCUT2D eigenvalue weighted by atomic mass is 10.1. The van der Waals surface area contributed by atoms with Crippen molar-refractivity contribution < 1.29 is 0 Å². The van der Waals surface area contributed by atoms with Gasteiger partial charge in [-0.25, -0.2) is 4.98 Å². The summed E-state index contributed by atoms with van der Waals surface area (Å²) >= 11 is 0. The number of hydrogen-bond donors (Lipinski definition) is 1. The molecule has 2 heterocycles. The normalized spacial score (nSPS) is 10.6. The lowest BCUT2D eigenvalue weighted by molar-refractivity contribution is 0.820. The van der Waals surface area contributed by atoms with Crippen molar-refractivity contribution in [2.75, 3.05) is 5.32 Å². The van der Waals surface area contributed by atoms with Crippen molar-refractivity contribution in [2.24, 2.45) is 0 Å². The SMILES string of the molecule is C=CCn1ccnc1NCc1cccc2cccnc12. The fraction of sp³-hybridized carbons (Fsp3) is 0.125. The molecule has 2 aromatic heterocycles. The largest absolute Gasteiger partial charge is 0.351 e. The van der Waals surface area contributed by atoms with Crippen molar-refractivity contribution in [3.8, 4) is 0 Å². The summed E-state index contributed by atoms with van der Waals surface area (Å²) < 4.78 is 2.02. The maximum Gasteiger partial charge on any atom is 0.203 e. The molecule has 0 amide bonds. The van der Waals surface area contributed by atoms with E-state index in [1.807, 2.05) is 29.1 Å². The quantitative estimate of drug-likeness (QED) is 0.719. The molecule has 0 saturated carbocycles. The fourth-order valence-corrected chi connectivity index (χ4v) is 2.25. The van der Waals surface area contributed by atoms with Crippen LogP contribution >= 0.6 is 0 Å². The van der Waals surface area contributed by atoms with Crippen molar-refractivity contribution >= 4 is 16.9 Å². The molecule has 4 nitrogen and oxygen atoms in total. The van der Waals surface area contributed by atoms with E-state index in [1.165, 1.54) is 0 Å². The van der Waals surface area contributed by atoms with Crippen molar-refractivity contribution in [1.29, 1.82) is 0 Å². The summed E-state index contributed by atoms with van der Waals surface area (Å²) in [5.74, 6) is 0.845. The molecule has 3 rings (SSSR count). The summed E-state index contributed by atoms with van der Waals surface area (Å²) in [6.45, 7) is 5.19. The van der Waals surface area contributed by atoms with E-state index in [4.69, 9.17) is 0 Å². The van der Waals surface area contributed by atoms with Crippen molar-refractivity contribution in [3.63, 3.8) is 0 Å². The molecule has 1 N–H and O–H groups in total. The zero-order valence-corrected chi connectivity index (χ0v) is 11.2. The first-order valence-corrected chi connectivity index (χ1v) is 6.57. The number of fused-ring (bicyclic) bond motifs is 1. The summed E-state index contributed by atoms with van der Waals surface area (Å²) in [6, 6.07) is 10.2. The first-order chi connectivity index (χ1) is 9.88. The number of benzene rings is 1. The van der Waals surface area contributed by atoms with E-state index in [0.717, 1.165) is 29.0 Å². The molecular formula is C16H16N4. The second-order valence-corrected chi connectivity index (χ2v) is 4.54. The average Bonchev–Trinajstić information content (AvgIpc) is 2.93. The van der Waals surface area contributed by atoms with Gasteiger partial charge < -0.3 is 9.88 Å². The van der Waals surface area contributed by atoms with Gasteiger partial charge in [0, 0.05) is 37.1 Å². The molecule has 3 aromatic rings. The molecule has 4 heteroatoms. The van der Waals surface area contributed by atoms with Crippen molar-refractivity contribution in [1.82, 2.24) is 14.5 Å². The van der Waals surface area contributed by atoms with Crippen LogP contribution in [0.3, 0.4) is 0 Å². The number of pyridine rings is 1. The third-order valence-corrected chi connectivity index (χ3v) is 3.19. The van der Waals surface area contributed by atoms with Crippen LogP contribution in [0.2, 0.25) is 0 Å². The number of rotatable bonds is 5. The minimum absolute atomic E-state index is 0.697. The highest BCUT2D eigenvalue weighted by Gasteiger charge is 2.04. The molecule has 100 valence electrons. The smallest absolute Gasteiger partial charge is 0.203 e. The van der Waals surface area contributed by atoms with Gasteiger partial charge in [0.05, 0.1) is 5.52 Å². The average molecular weight is 264 g/mol. The Balaban J connectivity index is 1.83. The third-order valence-electron chi connectivity index (χ3n) is 3.19. The summed E-state index contributed by atoms with van der Waals surface area (Å²) in [7, 11) is 0. The highest BCUT2D eigenvalue weighted by atomic mass is 15.2. The Morgan fingerprint density at radius 3 is 2.95 bits per heavy atom. The Labute approximate surface area is 117 Å². The zero-order valence-electron chi connectivity index (χ0n) is 11.2. The minimum atomic E-state index is 0.697. The molecule has 0 radical (unpaired) electrons. The van der Waals surface area contributed by atoms with Crippen LogP contribution in [-0.2, 0) is 13.1 Å². The van der Waals surface area contributed by atoms with E-state index in [9.17, 15) is 0 Å². The number of para-hydroxylation sites is 1. The van der Waals surface area contributed by atoms with Gasteiger partial charge in [-0.2, -0.15) is 0 Å². The monoisotopic (exact) mass is 264 g/mol. The minimum Gasteiger partial charge on any atom is -0.351 e. The van der Waals surface area contributed by atoms with Gasteiger partial charge in [-0.15, -0.1) is 6.58 Å². The Morgan fingerprint density at radius 1 is 1.15 bits per heavy atom. The molecule has 0 bridgehead atoms. The first-order valence-electron chi connectivity index (χ1n) is 6.57. The molecular weight excluding hydrogens is 248 g/mol. The number of nitrogens with one attached hydrogen (secondary N) is 1. The number of anilines is 1. The first kappa shape index (κ1) is 12.4. The lowest BCUT2D eigenvalue weighted by Crippen LogP contribution is -2.07. The molecule has 0 unspecified atom stereocenters. The van der Waals surface area contributed by atoms with E-state index >= 15 is 0 Å². The van der Waals surface area contributed by atoms with Crippen molar-refractivity contribution in [3.05, 3.63) is 67.1 Å². The second kappa shape index (κ2) is 5.57. The molecule has 0 aliphatic rings. The number of aromatic nitrogens is 3. The molecule has 0 spiro atoms. The molecule has 0 fully saturated rings. The Kier molecular flexibility index (Phi) is 3.46. The molecule has 0 aliphatic carbocycles. The van der Waals surface area contributed by atoms with Crippen LogP contribution in [-0.4, -0.2) is 14.5 Å². The van der Waals surface area contributed by atoms with Gasteiger partial charge >= 0.3 is 0 Å². The fourth-order valence-electron chi connectivity index (χ4n) is 2.25. The standard InChI is InChI=1S/C16H16N4/c1-2-10-20-11-9-18-16(20)19-12-14-6-3-5-13-7-4-8-17-15(13)14/h2-9,11H,1,10,12H2,(H,18,19). The van der Waals surface area contributed by atoms with Crippen LogP contribution in [0.25, 0.3) is 10.9 Å². The Bertz CT molecular complexity index is 725. The highest BCUT2D eigenvalue weighted by Crippen LogP contribution is 2.17. The number of imidazole rings is 1. The summed E-state index contributed by atoms with van der Waals surface area (Å²) in [4.78, 5) is 8.77. The van der Waals surface area contributed by atoms with Crippen LogP contribution in [0.5, 0.6) is 0 Å². The van der Waals surface area contributed by atoms with Gasteiger partial charge in [0.25, 0.3) is 0 Å². The van der Waals surface area contributed by atoms with Gasteiger partial charge in [-0.1, -0.05) is 30.3 Å². The third kappa shape index (κ3) is 2.40. The van der Waals surface area contributed by atoms with Gasteiger partial charge in [-0.3, -0.25) is 4.98 Å². The Hall–Kier alpha value is -2.62. The van der Waals surface area contributed by atoms with E-state index in [0.29, 0.717) is 6.54 Å². The summed E-state index contributed by atoms with van der Waals surface area (Å²) in [6.07, 6.45) is 7.40. The van der Waals surface area contributed by atoms with Gasteiger partial charge in [0.15, 0.2) is 0 Å². The van der Waals surface area contributed by atoms with Crippen LogP contribution < -0.4 is 5.32 Å². The maximum atomic E-state index is 4.46. The maximum absolute atomic E-state index is 4.46.